The van der Waals surface area contributed by atoms with Crippen LogP contribution >= 0.6 is 0 Å². The van der Waals surface area contributed by atoms with Crippen molar-refractivity contribution in [1.29, 1.82) is 0 Å². The van der Waals surface area contributed by atoms with Crippen molar-refractivity contribution in [3.05, 3.63) is 96.6 Å². The molecule has 2 aliphatic rings. The third kappa shape index (κ3) is 6.05. The van der Waals surface area contributed by atoms with Gasteiger partial charge in [0.15, 0.2) is 5.79 Å². The minimum atomic E-state index is -0.838. The number of hydrogen-bond acceptors (Lipinski definition) is 6. The Morgan fingerprint density at radius 3 is 2.03 bits per heavy atom. The molecule has 3 aromatic rings. The molecule has 2 amide bonds. The molecule has 0 spiro atoms. The first-order valence-corrected chi connectivity index (χ1v) is 12.8. The van der Waals surface area contributed by atoms with Crippen LogP contribution in [0.1, 0.15) is 25.8 Å². The van der Waals surface area contributed by atoms with Gasteiger partial charge in [-0.05, 0) is 50.1 Å². The topological polar surface area (TPSA) is 86.3 Å². The summed E-state index contributed by atoms with van der Waals surface area (Å²) >= 11 is 0. The van der Waals surface area contributed by atoms with Crippen LogP contribution in [0.4, 0.5) is 16.2 Å². The van der Waals surface area contributed by atoms with E-state index in [-0.39, 0.29) is 25.2 Å². The van der Waals surface area contributed by atoms with Crippen LogP contribution in [0.15, 0.2) is 91.0 Å². The molecule has 1 aliphatic heterocycles. The second kappa shape index (κ2) is 11.3. The summed E-state index contributed by atoms with van der Waals surface area (Å²) in [7, 11) is 0. The number of amides is 2. The van der Waals surface area contributed by atoms with Crippen molar-refractivity contribution in [3.8, 4) is 0 Å². The van der Waals surface area contributed by atoms with Crippen LogP contribution in [0.5, 0.6) is 0 Å². The molecule has 1 aliphatic carbocycles. The lowest BCUT2D eigenvalue weighted by atomic mass is 10.2. The lowest BCUT2D eigenvalue weighted by Crippen LogP contribution is -2.43. The van der Waals surface area contributed by atoms with E-state index in [0.717, 1.165) is 16.9 Å². The lowest BCUT2D eigenvalue weighted by molar-refractivity contribution is -0.169. The van der Waals surface area contributed by atoms with E-state index in [1.807, 2.05) is 105 Å². The molecule has 38 heavy (non-hydrogen) atoms. The van der Waals surface area contributed by atoms with Gasteiger partial charge in [0.05, 0.1) is 12.1 Å². The highest BCUT2D eigenvalue weighted by Crippen LogP contribution is 2.40. The smallest absolute Gasteiger partial charge is 0.407 e. The first-order valence-electron chi connectivity index (χ1n) is 12.8. The molecule has 0 unspecified atom stereocenters. The minimum Gasteiger partial charge on any atom is -0.445 e. The lowest BCUT2D eigenvalue weighted by Gasteiger charge is -2.26. The van der Waals surface area contributed by atoms with E-state index < -0.39 is 30.2 Å². The number of nitrogens with one attached hydrogen (secondary N) is 1. The fourth-order valence-corrected chi connectivity index (χ4v) is 4.99. The molecule has 5 rings (SSSR count). The predicted octanol–water partition coefficient (Wildman–Crippen LogP) is 4.96. The van der Waals surface area contributed by atoms with E-state index in [4.69, 9.17) is 18.9 Å². The first-order chi connectivity index (χ1) is 18.4. The maximum Gasteiger partial charge on any atom is 0.407 e. The normalized spacial score (nSPS) is 23.4. The number of fused-ring (bicyclic) bond motifs is 1. The molecule has 1 N–H and O–H groups in total. The quantitative estimate of drug-likeness (QED) is 0.456. The van der Waals surface area contributed by atoms with Crippen molar-refractivity contribution in [3.63, 3.8) is 0 Å². The zero-order valence-corrected chi connectivity index (χ0v) is 21.5. The highest BCUT2D eigenvalue weighted by molar-refractivity contribution is 6.01. The summed E-state index contributed by atoms with van der Waals surface area (Å²) in [6.45, 7) is 3.65. The molecule has 1 heterocycles. The Bertz CT molecular complexity index is 1180. The number of nitrogens with zero attached hydrogens (tertiary/aromatic N) is 1. The standard InChI is InChI=1S/C30H32N2O6/c1-30(2)37-27-24(31-29(34)36-19-21-12-6-3-7-13-21)18-25(28(27)38-30)35-20-26(33)32(22-14-8-4-9-15-22)23-16-10-5-11-17-23/h3-17,24-25,27-28H,18-20H2,1-2H3,(H,31,34)/t24-,25+,27+,28-/m1/s1. The average molecular weight is 517 g/mol. The second-order valence-electron chi connectivity index (χ2n) is 9.86. The highest BCUT2D eigenvalue weighted by atomic mass is 16.8. The Labute approximate surface area is 222 Å². The van der Waals surface area contributed by atoms with Crippen LogP contribution in [-0.2, 0) is 30.3 Å². The van der Waals surface area contributed by atoms with E-state index in [1.54, 1.807) is 4.90 Å². The van der Waals surface area contributed by atoms with Crippen LogP contribution in [0.2, 0.25) is 0 Å². The molecule has 198 valence electrons. The Morgan fingerprint density at radius 1 is 0.868 bits per heavy atom. The molecule has 0 aromatic heterocycles. The van der Waals surface area contributed by atoms with Crippen molar-refractivity contribution in [2.24, 2.45) is 0 Å². The van der Waals surface area contributed by atoms with Gasteiger partial charge in [-0.15, -0.1) is 0 Å². The fraction of sp³-hybridized carbons (Fsp3) is 0.333. The Morgan fingerprint density at radius 2 is 1.42 bits per heavy atom. The van der Waals surface area contributed by atoms with Gasteiger partial charge >= 0.3 is 6.09 Å². The number of anilines is 2. The van der Waals surface area contributed by atoms with E-state index in [9.17, 15) is 9.59 Å². The SMILES string of the molecule is CC1(C)O[C@@H]2[C@H](O1)[C@@H](OCC(=O)N(c1ccccc1)c1ccccc1)C[C@H]2NC(=O)OCc1ccccc1. The third-order valence-electron chi connectivity index (χ3n) is 6.63. The number of alkyl carbamates (subject to hydrolysis) is 1. The summed E-state index contributed by atoms with van der Waals surface area (Å²) in [5.74, 6) is -1.05. The van der Waals surface area contributed by atoms with E-state index in [2.05, 4.69) is 5.32 Å². The van der Waals surface area contributed by atoms with Gasteiger partial charge in [0.2, 0.25) is 0 Å². The number of carbonyl (C=O) groups is 2. The maximum absolute atomic E-state index is 13.4. The molecule has 0 radical (unpaired) electrons. The summed E-state index contributed by atoms with van der Waals surface area (Å²) in [5.41, 5.74) is 2.40. The van der Waals surface area contributed by atoms with Crippen molar-refractivity contribution in [2.75, 3.05) is 11.5 Å². The molecule has 8 nitrogen and oxygen atoms in total. The van der Waals surface area contributed by atoms with Crippen molar-refractivity contribution in [2.45, 2.75) is 57.0 Å². The number of hydrogen-bond donors (Lipinski definition) is 1. The monoisotopic (exact) mass is 516 g/mol. The highest BCUT2D eigenvalue weighted by Gasteiger charge is 2.55. The molecule has 3 aromatic carbocycles. The van der Waals surface area contributed by atoms with Crippen molar-refractivity contribution >= 4 is 23.4 Å². The molecule has 1 saturated carbocycles. The van der Waals surface area contributed by atoms with Crippen LogP contribution in [-0.4, -0.2) is 48.7 Å². The van der Waals surface area contributed by atoms with Gasteiger partial charge in [-0.25, -0.2) is 4.79 Å². The van der Waals surface area contributed by atoms with Gasteiger partial charge in [-0.2, -0.15) is 0 Å². The van der Waals surface area contributed by atoms with Gasteiger partial charge in [-0.1, -0.05) is 66.7 Å². The Hall–Kier alpha value is -3.72. The molecule has 0 bridgehead atoms. The molecular formula is C30H32N2O6. The van der Waals surface area contributed by atoms with Gasteiger partial charge in [0, 0.05) is 11.4 Å². The Kier molecular flexibility index (Phi) is 7.74. The zero-order chi connectivity index (χ0) is 26.5. The second-order valence-corrected chi connectivity index (χ2v) is 9.86. The summed E-state index contributed by atoms with van der Waals surface area (Å²) in [6.07, 6.45) is -1.41. The van der Waals surface area contributed by atoms with Crippen LogP contribution in [0, 0.1) is 0 Å². The maximum atomic E-state index is 13.4. The van der Waals surface area contributed by atoms with Gasteiger partial charge in [0.1, 0.15) is 25.4 Å². The largest absolute Gasteiger partial charge is 0.445 e. The summed E-state index contributed by atoms with van der Waals surface area (Å²) in [6, 6.07) is 28.0. The molecular weight excluding hydrogens is 484 g/mol. The molecule has 1 saturated heterocycles. The summed E-state index contributed by atoms with van der Waals surface area (Å²) < 4.78 is 23.8. The van der Waals surface area contributed by atoms with E-state index >= 15 is 0 Å². The van der Waals surface area contributed by atoms with Gasteiger partial charge in [-0.3, -0.25) is 9.69 Å². The van der Waals surface area contributed by atoms with Gasteiger partial charge < -0.3 is 24.3 Å². The fourth-order valence-electron chi connectivity index (χ4n) is 4.99. The third-order valence-corrected chi connectivity index (χ3v) is 6.63. The number of ether oxygens (including phenoxy) is 4. The van der Waals surface area contributed by atoms with Crippen LogP contribution < -0.4 is 10.2 Å². The number of carbonyl (C=O) groups excluding carboxylic acids is 2. The number of rotatable bonds is 8. The summed E-state index contributed by atoms with van der Waals surface area (Å²) in [5, 5.41) is 2.91. The number of benzene rings is 3. The van der Waals surface area contributed by atoms with Gasteiger partial charge in [0.25, 0.3) is 5.91 Å². The van der Waals surface area contributed by atoms with E-state index in [0.29, 0.717) is 6.42 Å². The van der Waals surface area contributed by atoms with Crippen molar-refractivity contribution in [1.82, 2.24) is 5.32 Å². The molecule has 8 heteroatoms. The summed E-state index contributed by atoms with van der Waals surface area (Å²) in [4.78, 5) is 27.6. The minimum absolute atomic E-state index is 0.160. The Balaban J connectivity index is 1.24. The number of para-hydroxylation sites is 2. The average Bonchev–Trinajstić information content (AvgIpc) is 3.41. The van der Waals surface area contributed by atoms with Crippen molar-refractivity contribution < 1.29 is 28.5 Å². The molecule has 2 fully saturated rings. The van der Waals surface area contributed by atoms with Crippen LogP contribution in [0.25, 0.3) is 0 Å². The van der Waals surface area contributed by atoms with Crippen LogP contribution in [0.3, 0.4) is 0 Å². The van der Waals surface area contributed by atoms with E-state index in [1.165, 1.54) is 0 Å². The first kappa shape index (κ1) is 25.9. The predicted molar refractivity (Wildman–Crippen MR) is 142 cm³/mol. The molecule has 4 atom stereocenters. The zero-order valence-electron chi connectivity index (χ0n) is 21.5.